The van der Waals surface area contributed by atoms with E-state index < -0.39 is 17.6 Å². The number of benzene rings is 1. The van der Waals surface area contributed by atoms with Crippen LogP contribution in [0.3, 0.4) is 0 Å². The molecule has 0 saturated carbocycles. The van der Waals surface area contributed by atoms with E-state index in [4.69, 9.17) is 0 Å². The molecule has 1 spiro atoms. The van der Waals surface area contributed by atoms with E-state index in [0.29, 0.717) is 18.5 Å². The fourth-order valence-corrected chi connectivity index (χ4v) is 4.13. The summed E-state index contributed by atoms with van der Waals surface area (Å²) in [6.45, 7) is 5.59. The molecule has 0 atom stereocenters. The fourth-order valence-electron chi connectivity index (χ4n) is 4.13. The van der Waals surface area contributed by atoms with Gasteiger partial charge in [0.25, 0.3) is 0 Å². The minimum atomic E-state index is -4.66. The zero-order chi connectivity index (χ0) is 18.9. The van der Waals surface area contributed by atoms with Crippen LogP contribution in [0.25, 0.3) is 0 Å². The van der Waals surface area contributed by atoms with Crippen LogP contribution in [0.2, 0.25) is 0 Å². The van der Waals surface area contributed by atoms with Crippen molar-refractivity contribution in [1.29, 1.82) is 0 Å². The average Bonchev–Trinajstić information content (AvgIpc) is 2.58. The second kappa shape index (κ2) is 7.18. The van der Waals surface area contributed by atoms with Gasteiger partial charge in [-0.3, -0.25) is 9.69 Å². The Kier molecular flexibility index (Phi) is 5.28. The van der Waals surface area contributed by atoms with Crippen molar-refractivity contribution < 1.29 is 22.4 Å². The van der Waals surface area contributed by atoms with Crippen LogP contribution in [0.4, 0.5) is 17.6 Å². The number of amides is 1. The highest BCUT2D eigenvalue weighted by molar-refractivity contribution is 5.77. The minimum Gasteiger partial charge on any atom is -0.342 e. The van der Waals surface area contributed by atoms with E-state index >= 15 is 0 Å². The number of likely N-dealkylation sites (tertiary alicyclic amines) is 2. The van der Waals surface area contributed by atoms with E-state index in [1.165, 1.54) is 6.07 Å². The maximum atomic E-state index is 13.7. The summed E-state index contributed by atoms with van der Waals surface area (Å²) in [6, 6.07) is 3.17. The number of hydrogen-bond acceptors (Lipinski definition) is 2. The standard InChI is InChI=1S/C19H24F4N2O/c1-2-25-13-18(6-5-17(25)26)7-9-24(10-8-18)12-14-3-4-15(16(20)11-14)19(21,22)23/h3-4,11H,2,5-10,12-13H2,1H3. The Balaban J connectivity index is 1.59. The van der Waals surface area contributed by atoms with Crippen LogP contribution in [0, 0.1) is 11.2 Å². The maximum Gasteiger partial charge on any atom is 0.419 e. The van der Waals surface area contributed by atoms with Gasteiger partial charge in [-0.05, 0) is 62.4 Å². The number of nitrogens with zero attached hydrogens (tertiary/aromatic N) is 2. The van der Waals surface area contributed by atoms with Crippen molar-refractivity contribution in [3.05, 3.63) is 35.1 Å². The Bertz CT molecular complexity index is 666. The molecule has 2 fully saturated rings. The van der Waals surface area contributed by atoms with Gasteiger partial charge in [0.1, 0.15) is 5.82 Å². The smallest absolute Gasteiger partial charge is 0.342 e. The lowest BCUT2D eigenvalue weighted by atomic mass is 9.72. The SMILES string of the molecule is CCN1CC2(CCC1=O)CCN(Cc1ccc(C(F)(F)F)c(F)c1)CC2. The van der Waals surface area contributed by atoms with Gasteiger partial charge in [0.15, 0.2) is 0 Å². The molecule has 2 heterocycles. The fraction of sp³-hybridized carbons (Fsp3) is 0.632. The first-order chi connectivity index (χ1) is 12.2. The molecule has 7 heteroatoms. The van der Waals surface area contributed by atoms with Crippen LogP contribution in [-0.4, -0.2) is 41.9 Å². The lowest BCUT2D eigenvalue weighted by molar-refractivity contribution is -0.140. The van der Waals surface area contributed by atoms with Gasteiger partial charge in [-0.15, -0.1) is 0 Å². The molecule has 2 aliphatic heterocycles. The van der Waals surface area contributed by atoms with E-state index in [2.05, 4.69) is 4.90 Å². The molecule has 26 heavy (non-hydrogen) atoms. The van der Waals surface area contributed by atoms with Gasteiger partial charge in [-0.25, -0.2) is 4.39 Å². The van der Waals surface area contributed by atoms with Gasteiger partial charge in [0.2, 0.25) is 5.91 Å². The maximum absolute atomic E-state index is 13.7. The predicted octanol–water partition coefficient (Wildman–Crippen LogP) is 4.07. The van der Waals surface area contributed by atoms with E-state index in [0.717, 1.165) is 57.6 Å². The highest BCUT2D eigenvalue weighted by atomic mass is 19.4. The first-order valence-corrected chi connectivity index (χ1v) is 9.08. The third-order valence-electron chi connectivity index (χ3n) is 5.79. The van der Waals surface area contributed by atoms with Crippen molar-refractivity contribution in [2.24, 2.45) is 5.41 Å². The number of halogens is 4. The zero-order valence-corrected chi connectivity index (χ0v) is 14.9. The molecule has 1 aromatic rings. The van der Waals surface area contributed by atoms with Crippen molar-refractivity contribution in [3.8, 4) is 0 Å². The van der Waals surface area contributed by atoms with Gasteiger partial charge in [-0.1, -0.05) is 6.07 Å². The van der Waals surface area contributed by atoms with Crippen molar-refractivity contribution in [3.63, 3.8) is 0 Å². The van der Waals surface area contributed by atoms with Crippen LogP contribution in [0.5, 0.6) is 0 Å². The molecular weight excluding hydrogens is 348 g/mol. The molecule has 1 amide bonds. The molecule has 0 unspecified atom stereocenters. The summed E-state index contributed by atoms with van der Waals surface area (Å²) in [5, 5.41) is 0. The summed E-state index contributed by atoms with van der Waals surface area (Å²) >= 11 is 0. The second-order valence-corrected chi connectivity index (χ2v) is 7.50. The molecule has 3 rings (SSSR count). The normalized spacial score (nSPS) is 21.4. The second-order valence-electron chi connectivity index (χ2n) is 7.50. The molecule has 2 saturated heterocycles. The molecule has 144 valence electrons. The average molecular weight is 372 g/mol. The molecule has 0 N–H and O–H groups in total. The first kappa shape index (κ1) is 19.1. The van der Waals surface area contributed by atoms with E-state index in [1.807, 2.05) is 11.8 Å². The van der Waals surface area contributed by atoms with Crippen molar-refractivity contribution >= 4 is 5.91 Å². The number of rotatable bonds is 3. The quantitative estimate of drug-likeness (QED) is 0.747. The molecule has 0 aromatic heterocycles. The summed E-state index contributed by atoms with van der Waals surface area (Å²) in [7, 11) is 0. The Morgan fingerprint density at radius 1 is 1.15 bits per heavy atom. The topological polar surface area (TPSA) is 23.6 Å². The van der Waals surface area contributed by atoms with Crippen molar-refractivity contribution in [1.82, 2.24) is 9.80 Å². The molecular formula is C19H24F4N2O. The van der Waals surface area contributed by atoms with Gasteiger partial charge >= 0.3 is 6.18 Å². The summed E-state index contributed by atoms with van der Waals surface area (Å²) in [5.41, 5.74) is -0.503. The van der Waals surface area contributed by atoms with Crippen LogP contribution in [0.1, 0.15) is 43.7 Å². The summed E-state index contributed by atoms with van der Waals surface area (Å²) in [5.74, 6) is -0.992. The van der Waals surface area contributed by atoms with E-state index in [1.54, 1.807) is 0 Å². The number of alkyl halides is 3. The minimum absolute atomic E-state index is 0.159. The lowest BCUT2D eigenvalue weighted by Gasteiger charge is -2.47. The Morgan fingerprint density at radius 2 is 1.85 bits per heavy atom. The third-order valence-corrected chi connectivity index (χ3v) is 5.79. The molecule has 2 aliphatic rings. The highest BCUT2D eigenvalue weighted by Gasteiger charge is 2.40. The van der Waals surface area contributed by atoms with Gasteiger partial charge in [-0.2, -0.15) is 13.2 Å². The van der Waals surface area contributed by atoms with Crippen LogP contribution >= 0.6 is 0 Å². The number of carbonyl (C=O) groups excluding carboxylic acids is 1. The lowest BCUT2D eigenvalue weighted by Crippen LogP contribution is -2.51. The Labute approximate surface area is 151 Å². The van der Waals surface area contributed by atoms with Gasteiger partial charge in [0.05, 0.1) is 5.56 Å². The number of hydrogen-bond donors (Lipinski definition) is 0. The predicted molar refractivity (Wildman–Crippen MR) is 89.8 cm³/mol. The molecule has 0 aliphatic carbocycles. The molecule has 3 nitrogen and oxygen atoms in total. The van der Waals surface area contributed by atoms with Crippen molar-refractivity contribution in [2.45, 2.75) is 45.3 Å². The van der Waals surface area contributed by atoms with Crippen LogP contribution in [0.15, 0.2) is 18.2 Å². The van der Waals surface area contributed by atoms with Crippen molar-refractivity contribution in [2.75, 3.05) is 26.2 Å². The Morgan fingerprint density at radius 3 is 2.42 bits per heavy atom. The Hall–Kier alpha value is -1.63. The van der Waals surface area contributed by atoms with Crippen LogP contribution < -0.4 is 0 Å². The summed E-state index contributed by atoms with van der Waals surface area (Å²) < 4.78 is 51.7. The summed E-state index contributed by atoms with van der Waals surface area (Å²) in [6.07, 6.45) is -1.24. The van der Waals surface area contributed by atoms with E-state index in [-0.39, 0.29) is 11.3 Å². The zero-order valence-electron chi connectivity index (χ0n) is 14.9. The largest absolute Gasteiger partial charge is 0.419 e. The van der Waals surface area contributed by atoms with Gasteiger partial charge in [0, 0.05) is 26.1 Å². The van der Waals surface area contributed by atoms with E-state index in [9.17, 15) is 22.4 Å². The van der Waals surface area contributed by atoms with Gasteiger partial charge < -0.3 is 4.90 Å². The molecule has 0 bridgehead atoms. The first-order valence-electron chi connectivity index (χ1n) is 9.08. The number of carbonyl (C=O) groups is 1. The third kappa shape index (κ3) is 4.03. The molecule has 1 aromatic carbocycles. The highest BCUT2D eigenvalue weighted by Crippen LogP contribution is 2.40. The monoisotopic (exact) mass is 372 g/mol. The molecule has 0 radical (unpaired) electrons. The summed E-state index contributed by atoms with van der Waals surface area (Å²) in [4.78, 5) is 16.0. The van der Waals surface area contributed by atoms with Crippen LogP contribution in [-0.2, 0) is 17.5 Å². The number of piperidine rings is 2.